The van der Waals surface area contributed by atoms with Crippen LogP contribution in [0.15, 0.2) is 79.0 Å². The number of benzene rings is 3. The summed E-state index contributed by atoms with van der Waals surface area (Å²) in [6.07, 6.45) is 1.76. The topological polar surface area (TPSA) is 91.8 Å². The summed E-state index contributed by atoms with van der Waals surface area (Å²) in [5.74, 6) is 0.289. The van der Waals surface area contributed by atoms with Crippen molar-refractivity contribution in [2.45, 2.75) is 19.0 Å². The summed E-state index contributed by atoms with van der Waals surface area (Å²) in [7, 11) is 1.60. The van der Waals surface area contributed by atoms with E-state index >= 15 is 0 Å². The zero-order valence-electron chi connectivity index (χ0n) is 20.2. The molecule has 3 heterocycles. The molecule has 6 rings (SSSR count). The first-order valence-electron chi connectivity index (χ1n) is 12.1. The van der Waals surface area contributed by atoms with Gasteiger partial charge in [0.05, 0.1) is 35.8 Å². The van der Waals surface area contributed by atoms with Gasteiger partial charge in [-0.25, -0.2) is 0 Å². The Morgan fingerprint density at radius 3 is 2.59 bits per heavy atom. The number of nitrogens with one attached hydrogen (secondary N) is 1. The zero-order valence-corrected chi connectivity index (χ0v) is 20.2. The standard InChI is InChI=1S/C29H24N4O4/c1-37-20-13-12-18-15-19(17-30-24(18)16-20)31-26(34)11-6-14-32-27-21-7-2-3-8-22(21)29(36)33(27)25-10-5-4-9-23(25)28(32)35/h2-5,7-10,12-13,15-17,27H,6,11,14H2,1H3,(H,31,34)/t27-/m0/s1. The first kappa shape index (κ1) is 22.7. The molecule has 1 aromatic heterocycles. The van der Waals surface area contributed by atoms with E-state index in [0.29, 0.717) is 35.5 Å². The second-order valence-electron chi connectivity index (χ2n) is 9.09. The van der Waals surface area contributed by atoms with Crippen molar-refractivity contribution in [3.63, 3.8) is 0 Å². The van der Waals surface area contributed by atoms with Gasteiger partial charge in [0.1, 0.15) is 11.9 Å². The number of para-hydroxylation sites is 1. The van der Waals surface area contributed by atoms with E-state index in [9.17, 15) is 14.4 Å². The predicted octanol–water partition coefficient (Wildman–Crippen LogP) is 4.78. The molecule has 0 bridgehead atoms. The van der Waals surface area contributed by atoms with Crippen molar-refractivity contribution in [3.8, 4) is 5.75 Å². The molecule has 1 N–H and O–H groups in total. The predicted molar refractivity (Wildman–Crippen MR) is 140 cm³/mol. The molecule has 1 atom stereocenters. The minimum Gasteiger partial charge on any atom is -0.497 e. The average Bonchev–Trinajstić information content (AvgIpc) is 3.22. The van der Waals surface area contributed by atoms with Gasteiger partial charge in [0.2, 0.25) is 5.91 Å². The van der Waals surface area contributed by atoms with Crippen molar-refractivity contribution in [2.24, 2.45) is 0 Å². The Labute approximate surface area is 213 Å². The lowest BCUT2D eigenvalue weighted by molar-refractivity contribution is -0.116. The summed E-state index contributed by atoms with van der Waals surface area (Å²) in [5, 5.41) is 3.79. The van der Waals surface area contributed by atoms with Crippen molar-refractivity contribution < 1.29 is 19.1 Å². The van der Waals surface area contributed by atoms with E-state index in [0.717, 1.165) is 22.2 Å². The fourth-order valence-electron chi connectivity index (χ4n) is 5.13. The Morgan fingerprint density at radius 2 is 1.76 bits per heavy atom. The minimum atomic E-state index is -0.518. The monoisotopic (exact) mass is 492 g/mol. The highest BCUT2D eigenvalue weighted by molar-refractivity contribution is 6.16. The van der Waals surface area contributed by atoms with Gasteiger partial charge >= 0.3 is 0 Å². The smallest absolute Gasteiger partial charge is 0.260 e. The fourth-order valence-corrected chi connectivity index (χ4v) is 5.13. The van der Waals surface area contributed by atoms with Gasteiger partial charge in [-0.05, 0) is 42.8 Å². The van der Waals surface area contributed by atoms with Gasteiger partial charge in [0, 0.05) is 35.5 Å². The fraction of sp³-hybridized carbons (Fsp3) is 0.172. The lowest BCUT2D eigenvalue weighted by atomic mass is 10.0. The summed E-state index contributed by atoms with van der Waals surface area (Å²) in [6, 6.07) is 22.0. The van der Waals surface area contributed by atoms with Gasteiger partial charge in [0.15, 0.2) is 0 Å². The van der Waals surface area contributed by atoms with Crippen LogP contribution in [-0.2, 0) is 4.79 Å². The van der Waals surface area contributed by atoms with E-state index in [4.69, 9.17) is 4.74 Å². The van der Waals surface area contributed by atoms with Crippen LogP contribution in [0, 0.1) is 0 Å². The number of fused-ring (bicyclic) bond motifs is 6. The van der Waals surface area contributed by atoms with Crippen LogP contribution in [0.1, 0.15) is 45.3 Å². The molecule has 2 aliphatic heterocycles. The Balaban J connectivity index is 1.18. The summed E-state index contributed by atoms with van der Waals surface area (Å²) < 4.78 is 5.23. The average molecular weight is 493 g/mol. The number of hydrogen-bond acceptors (Lipinski definition) is 5. The molecule has 184 valence electrons. The Kier molecular flexibility index (Phi) is 5.56. The van der Waals surface area contributed by atoms with Crippen molar-refractivity contribution >= 4 is 40.0 Å². The molecular weight excluding hydrogens is 468 g/mol. The van der Waals surface area contributed by atoms with Crippen LogP contribution in [0.3, 0.4) is 0 Å². The number of carbonyl (C=O) groups is 3. The third kappa shape index (κ3) is 3.87. The van der Waals surface area contributed by atoms with Crippen LogP contribution in [0.5, 0.6) is 5.75 Å². The van der Waals surface area contributed by atoms with Gasteiger partial charge in [-0.1, -0.05) is 30.3 Å². The van der Waals surface area contributed by atoms with Crippen LogP contribution < -0.4 is 15.0 Å². The molecule has 0 fully saturated rings. The Morgan fingerprint density at radius 1 is 0.973 bits per heavy atom. The number of hydrogen-bond donors (Lipinski definition) is 1. The SMILES string of the molecule is COc1ccc2cc(NC(=O)CCCN3C(=O)c4ccccc4N4C(=O)c5ccccc5[C@@H]34)cnc2c1. The number of nitrogens with zero attached hydrogens (tertiary/aromatic N) is 3. The van der Waals surface area contributed by atoms with Gasteiger partial charge in [-0.15, -0.1) is 0 Å². The number of pyridine rings is 1. The molecule has 37 heavy (non-hydrogen) atoms. The van der Waals surface area contributed by atoms with E-state index in [1.807, 2.05) is 54.6 Å². The maximum Gasteiger partial charge on any atom is 0.260 e. The van der Waals surface area contributed by atoms with Crippen LogP contribution in [0.2, 0.25) is 0 Å². The number of methoxy groups -OCH3 is 1. The van der Waals surface area contributed by atoms with E-state index < -0.39 is 6.17 Å². The van der Waals surface area contributed by atoms with Crippen LogP contribution >= 0.6 is 0 Å². The number of rotatable bonds is 6. The lowest BCUT2D eigenvalue weighted by Gasteiger charge is -2.41. The molecule has 3 amide bonds. The molecule has 8 heteroatoms. The van der Waals surface area contributed by atoms with Crippen LogP contribution in [0.4, 0.5) is 11.4 Å². The molecule has 4 aromatic rings. The van der Waals surface area contributed by atoms with Crippen LogP contribution in [0.25, 0.3) is 10.9 Å². The second kappa shape index (κ2) is 9.05. The van der Waals surface area contributed by atoms with Gasteiger partial charge in [-0.3, -0.25) is 24.3 Å². The number of amides is 3. The number of aromatic nitrogens is 1. The molecule has 8 nitrogen and oxygen atoms in total. The van der Waals surface area contributed by atoms with Crippen molar-refractivity contribution in [1.82, 2.24) is 9.88 Å². The van der Waals surface area contributed by atoms with E-state index in [1.54, 1.807) is 41.3 Å². The van der Waals surface area contributed by atoms with Gasteiger partial charge < -0.3 is 15.0 Å². The first-order valence-corrected chi connectivity index (χ1v) is 12.1. The largest absolute Gasteiger partial charge is 0.497 e. The second-order valence-corrected chi connectivity index (χ2v) is 9.09. The third-order valence-corrected chi connectivity index (χ3v) is 6.86. The van der Waals surface area contributed by atoms with Crippen LogP contribution in [-0.4, -0.2) is 41.3 Å². The highest BCUT2D eigenvalue weighted by Gasteiger charge is 2.47. The van der Waals surface area contributed by atoms with E-state index in [1.165, 1.54) is 0 Å². The molecule has 0 unspecified atom stereocenters. The highest BCUT2D eigenvalue weighted by Crippen LogP contribution is 2.45. The molecule has 0 aliphatic carbocycles. The molecule has 3 aromatic carbocycles. The molecule has 0 radical (unpaired) electrons. The Hall–Kier alpha value is -4.72. The molecule has 2 aliphatic rings. The number of anilines is 2. The summed E-state index contributed by atoms with van der Waals surface area (Å²) >= 11 is 0. The quantitative estimate of drug-likeness (QED) is 0.418. The van der Waals surface area contributed by atoms with E-state index in [2.05, 4.69) is 10.3 Å². The van der Waals surface area contributed by atoms with Gasteiger partial charge in [-0.2, -0.15) is 0 Å². The first-order chi connectivity index (χ1) is 18.0. The molecule has 0 saturated carbocycles. The number of ether oxygens (including phenoxy) is 1. The van der Waals surface area contributed by atoms with Gasteiger partial charge in [0.25, 0.3) is 11.8 Å². The molecule has 0 spiro atoms. The summed E-state index contributed by atoms with van der Waals surface area (Å²) in [6.45, 7) is 0.332. The van der Waals surface area contributed by atoms with Crippen molar-refractivity contribution in [3.05, 3.63) is 95.7 Å². The zero-order chi connectivity index (χ0) is 25.5. The summed E-state index contributed by atoms with van der Waals surface area (Å²) in [5.41, 5.74) is 3.89. The normalized spacial score (nSPS) is 15.9. The Bertz CT molecular complexity index is 1570. The third-order valence-electron chi connectivity index (χ3n) is 6.86. The number of carbonyl (C=O) groups excluding carboxylic acids is 3. The molecular formula is C29H24N4O4. The van der Waals surface area contributed by atoms with E-state index in [-0.39, 0.29) is 24.1 Å². The highest BCUT2D eigenvalue weighted by atomic mass is 16.5. The summed E-state index contributed by atoms with van der Waals surface area (Å²) in [4.78, 5) is 47.3. The van der Waals surface area contributed by atoms with Crippen molar-refractivity contribution in [1.29, 1.82) is 0 Å². The maximum absolute atomic E-state index is 13.5. The minimum absolute atomic E-state index is 0.121. The van der Waals surface area contributed by atoms with Crippen molar-refractivity contribution in [2.75, 3.05) is 23.9 Å². The molecule has 0 saturated heterocycles. The lowest BCUT2D eigenvalue weighted by Crippen LogP contribution is -2.48. The maximum atomic E-state index is 13.5.